The number of carbonyl (C=O) groups excluding carboxylic acids is 1. The smallest absolute Gasteiger partial charge is 0.358 e. The van der Waals surface area contributed by atoms with E-state index in [1.165, 1.54) is 0 Å². The Morgan fingerprint density at radius 3 is 2.90 bits per heavy atom. The number of hydrogen-bond acceptors (Lipinski definition) is 4. The van der Waals surface area contributed by atoms with Gasteiger partial charge in [0.15, 0.2) is 11.3 Å². The number of halogens is 1. The van der Waals surface area contributed by atoms with E-state index < -0.39 is 5.97 Å². The summed E-state index contributed by atoms with van der Waals surface area (Å²) in [6.45, 7) is 2.08. The normalized spacial score (nSPS) is 10.8. The standard InChI is InChI=1S/C15H12BrN3O2/c1-2-21-15(20)12-9-14-17-8-7-13(19(14)18-12)10-5-3-4-6-11(10)16/h3-9H,2H2,1H3. The molecular formula is C15H12BrN3O2. The molecule has 0 fully saturated rings. The molecule has 0 aliphatic rings. The lowest BCUT2D eigenvalue weighted by Gasteiger charge is -2.06. The quantitative estimate of drug-likeness (QED) is 0.683. The molecule has 5 nitrogen and oxygen atoms in total. The molecule has 2 heterocycles. The zero-order valence-corrected chi connectivity index (χ0v) is 12.9. The third-order valence-corrected chi connectivity index (χ3v) is 3.68. The van der Waals surface area contributed by atoms with E-state index in [1.54, 1.807) is 23.7 Å². The van der Waals surface area contributed by atoms with Crippen LogP contribution in [0.2, 0.25) is 0 Å². The molecule has 0 saturated carbocycles. The number of aromatic nitrogens is 3. The van der Waals surface area contributed by atoms with Crippen molar-refractivity contribution in [3.8, 4) is 11.3 Å². The largest absolute Gasteiger partial charge is 0.461 e. The van der Waals surface area contributed by atoms with Crippen LogP contribution in [0.3, 0.4) is 0 Å². The molecule has 0 atom stereocenters. The van der Waals surface area contributed by atoms with Crippen molar-refractivity contribution in [3.05, 3.63) is 52.8 Å². The molecular weight excluding hydrogens is 334 g/mol. The van der Waals surface area contributed by atoms with Crippen molar-refractivity contribution in [1.29, 1.82) is 0 Å². The highest BCUT2D eigenvalue weighted by Crippen LogP contribution is 2.27. The van der Waals surface area contributed by atoms with Gasteiger partial charge in [0.25, 0.3) is 0 Å². The molecule has 21 heavy (non-hydrogen) atoms. The molecule has 0 saturated heterocycles. The molecule has 0 radical (unpaired) electrons. The molecule has 106 valence electrons. The number of fused-ring (bicyclic) bond motifs is 1. The second-order valence-corrected chi connectivity index (χ2v) is 5.18. The summed E-state index contributed by atoms with van der Waals surface area (Å²) in [5.41, 5.74) is 2.68. The molecule has 0 spiro atoms. The first-order valence-electron chi connectivity index (χ1n) is 6.47. The Balaban J connectivity index is 2.17. The fourth-order valence-corrected chi connectivity index (χ4v) is 2.56. The third-order valence-electron chi connectivity index (χ3n) is 2.99. The van der Waals surface area contributed by atoms with E-state index in [9.17, 15) is 4.79 Å². The topological polar surface area (TPSA) is 56.5 Å². The number of rotatable bonds is 3. The summed E-state index contributed by atoms with van der Waals surface area (Å²) in [5, 5.41) is 4.31. The van der Waals surface area contributed by atoms with Crippen LogP contribution in [0.5, 0.6) is 0 Å². The van der Waals surface area contributed by atoms with Crippen LogP contribution >= 0.6 is 15.9 Å². The monoisotopic (exact) mass is 345 g/mol. The van der Waals surface area contributed by atoms with Gasteiger partial charge in [0.1, 0.15) is 0 Å². The Morgan fingerprint density at radius 1 is 1.33 bits per heavy atom. The highest BCUT2D eigenvalue weighted by molar-refractivity contribution is 9.10. The van der Waals surface area contributed by atoms with Crippen LogP contribution in [0.25, 0.3) is 16.9 Å². The van der Waals surface area contributed by atoms with Crippen molar-refractivity contribution in [2.45, 2.75) is 6.92 Å². The maximum Gasteiger partial charge on any atom is 0.358 e. The van der Waals surface area contributed by atoms with Crippen LogP contribution in [0.15, 0.2) is 47.1 Å². The lowest BCUT2D eigenvalue weighted by Crippen LogP contribution is -2.05. The van der Waals surface area contributed by atoms with Crippen LogP contribution in [0.1, 0.15) is 17.4 Å². The fourth-order valence-electron chi connectivity index (χ4n) is 2.07. The first-order chi connectivity index (χ1) is 10.2. The Labute approximate surface area is 129 Å². The van der Waals surface area contributed by atoms with Crippen LogP contribution < -0.4 is 0 Å². The number of benzene rings is 1. The summed E-state index contributed by atoms with van der Waals surface area (Å²) >= 11 is 3.53. The van der Waals surface area contributed by atoms with Gasteiger partial charge in [-0.2, -0.15) is 5.10 Å². The second-order valence-electron chi connectivity index (χ2n) is 4.33. The van der Waals surface area contributed by atoms with Gasteiger partial charge in [-0.3, -0.25) is 0 Å². The number of hydrogen-bond donors (Lipinski definition) is 0. The molecule has 3 rings (SSSR count). The summed E-state index contributed by atoms with van der Waals surface area (Å²) in [6, 6.07) is 11.3. The molecule has 0 unspecified atom stereocenters. The van der Waals surface area contributed by atoms with E-state index in [-0.39, 0.29) is 5.69 Å². The van der Waals surface area contributed by atoms with E-state index in [0.29, 0.717) is 12.3 Å². The van der Waals surface area contributed by atoms with Crippen molar-refractivity contribution in [1.82, 2.24) is 14.6 Å². The van der Waals surface area contributed by atoms with Crippen molar-refractivity contribution in [3.63, 3.8) is 0 Å². The van der Waals surface area contributed by atoms with Gasteiger partial charge in [-0.15, -0.1) is 0 Å². The van der Waals surface area contributed by atoms with Crippen molar-refractivity contribution in [2.24, 2.45) is 0 Å². The lowest BCUT2D eigenvalue weighted by molar-refractivity contribution is 0.0519. The van der Waals surface area contributed by atoms with Gasteiger partial charge in [0, 0.05) is 22.3 Å². The lowest BCUT2D eigenvalue weighted by atomic mass is 10.1. The molecule has 6 heteroatoms. The van der Waals surface area contributed by atoms with Crippen molar-refractivity contribution < 1.29 is 9.53 Å². The fraction of sp³-hybridized carbons (Fsp3) is 0.133. The van der Waals surface area contributed by atoms with E-state index in [1.807, 2.05) is 30.3 Å². The summed E-state index contributed by atoms with van der Waals surface area (Å²) in [6.07, 6.45) is 1.70. The molecule has 0 aliphatic heterocycles. The molecule has 0 N–H and O–H groups in total. The summed E-state index contributed by atoms with van der Waals surface area (Å²) in [7, 11) is 0. The predicted octanol–water partition coefficient (Wildman–Crippen LogP) is 3.34. The molecule has 1 aromatic carbocycles. The summed E-state index contributed by atoms with van der Waals surface area (Å²) in [4.78, 5) is 16.0. The van der Waals surface area contributed by atoms with Crippen LogP contribution in [0, 0.1) is 0 Å². The minimum absolute atomic E-state index is 0.254. The molecule has 0 bridgehead atoms. The Morgan fingerprint density at radius 2 is 2.14 bits per heavy atom. The van der Waals surface area contributed by atoms with Gasteiger partial charge in [-0.25, -0.2) is 14.3 Å². The first-order valence-corrected chi connectivity index (χ1v) is 7.27. The number of carbonyl (C=O) groups is 1. The third kappa shape index (κ3) is 2.54. The first kappa shape index (κ1) is 13.8. The van der Waals surface area contributed by atoms with Crippen LogP contribution in [-0.2, 0) is 4.74 Å². The minimum Gasteiger partial charge on any atom is -0.461 e. The van der Waals surface area contributed by atoms with Crippen molar-refractivity contribution >= 4 is 27.5 Å². The SMILES string of the molecule is CCOC(=O)c1cc2nccc(-c3ccccc3Br)n2n1. The highest BCUT2D eigenvalue weighted by Gasteiger charge is 2.15. The van der Waals surface area contributed by atoms with E-state index in [0.717, 1.165) is 15.7 Å². The van der Waals surface area contributed by atoms with E-state index >= 15 is 0 Å². The molecule has 2 aromatic heterocycles. The minimum atomic E-state index is -0.443. The zero-order valence-electron chi connectivity index (χ0n) is 11.3. The Hall–Kier alpha value is -2.21. The summed E-state index contributed by atoms with van der Waals surface area (Å²) in [5.74, 6) is -0.443. The average Bonchev–Trinajstić information content (AvgIpc) is 2.92. The predicted molar refractivity (Wildman–Crippen MR) is 82.1 cm³/mol. The zero-order chi connectivity index (χ0) is 14.8. The maximum atomic E-state index is 11.8. The second kappa shape index (κ2) is 5.65. The molecule has 3 aromatic rings. The van der Waals surface area contributed by atoms with Gasteiger partial charge >= 0.3 is 5.97 Å². The van der Waals surface area contributed by atoms with Crippen LogP contribution in [0.4, 0.5) is 0 Å². The Kier molecular flexibility index (Phi) is 3.70. The van der Waals surface area contributed by atoms with Crippen molar-refractivity contribution in [2.75, 3.05) is 6.61 Å². The maximum absolute atomic E-state index is 11.8. The van der Waals surface area contributed by atoms with Gasteiger partial charge in [0.05, 0.1) is 12.3 Å². The number of ether oxygens (including phenoxy) is 1. The number of nitrogens with zero attached hydrogens (tertiary/aromatic N) is 3. The number of esters is 1. The average molecular weight is 346 g/mol. The van der Waals surface area contributed by atoms with Gasteiger partial charge in [0.2, 0.25) is 0 Å². The van der Waals surface area contributed by atoms with Gasteiger partial charge in [-0.1, -0.05) is 34.1 Å². The summed E-state index contributed by atoms with van der Waals surface area (Å²) < 4.78 is 7.57. The highest BCUT2D eigenvalue weighted by atomic mass is 79.9. The van der Waals surface area contributed by atoms with Gasteiger partial charge < -0.3 is 4.74 Å². The Bertz CT molecular complexity index is 814. The van der Waals surface area contributed by atoms with E-state index in [2.05, 4.69) is 26.0 Å². The van der Waals surface area contributed by atoms with E-state index in [4.69, 9.17) is 4.74 Å². The molecule has 0 aliphatic carbocycles. The van der Waals surface area contributed by atoms with Gasteiger partial charge in [-0.05, 0) is 19.1 Å². The molecule has 0 amide bonds. The van der Waals surface area contributed by atoms with Crippen LogP contribution in [-0.4, -0.2) is 27.2 Å².